The Labute approximate surface area is 81.8 Å². The van der Waals surface area contributed by atoms with Crippen LogP contribution in [0, 0.1) is 5.92 Å². The largest absolute Gasteiger partial charge is 0.242 e. The van der Waals surface area contributed by atoms with Crippen molar-refractivity contribution in [2.45, 2.75) is 27.7 Å². The van der Waals surface area contributed by atoms with Crippen molar-refractivity contribution in [2.24, 2.45) is 15.9 Å². The summed E-state index contributed by atoms with van der Waals surface area (Å²) in [4.78, 5) is 8.06. The topological polar surface area (TPSA) is 24.7 Å². The van der Waals surface area contributed by atoms with Crippen LogP contribution in [0.15, 0.2) is 35.4 Å². The van der Waals surface area contributed by atoms with Gasteiger partial charge in [0, 0.05) is 18.3 Å². The van der Waals surface area contributed by atoms with Crippen LogP contribution < -0.4 is 0 Å². The van der Waals surface area contributed by atoms with Crippen molar-refractivity contribution in [3.05, 3.63) is 25.4 Å². The van der Waals surface area contributed by atoms with Crippen molar-refractivity contribution in [3.8, 4) is 0 Å². The Hall–Kier alpha value is -1.18. The zero-order valence-electron chi connectivity index (χ0n) is 9.12. The first kappa shape index (κ1) is 14.3. The lowest BCUT2D eigenvalue weighted by molar-refractivity contribution is 0.873. The van der Waals surface area contributed by atoms with Crippen LogP contribution in [-0.4, -0.2) is 12.1 Å². The number of amidine groups is 1. The number of nitrogens with zero attached hydrogens (tertiary/aromatic N) is 2. The zero-order chi connectivity index (χ0) is 10.7. The summed E-state index contributed by atoms with van der Waals surface area (Å²) in [5.74, 6) is 1.10. The molecule has 0 aromatic rings. The van der Waals surface area contributed by atoms with Gasteiger partial charge in [-0.05, 0) is 0 Å². The van der Waals surface area contributed by atoms with Crippen molar-refractivity contribution >= 4 is 12.1 Å². The van der Waals surface area contributed by atoms with E-state index in [9.17, 15) is 0 Å². The Morgan fingerprint density at radius 3 is 2.08 bits per heavy atom. The first-order valence-electron chi connectivity index (χ1n) is 4.56. The van der Waals surface area contributed by atoms with Gasteiger partial charge in [0.05, 0.1) is 0 Å². The summed E-state index contributed by atoms with van der Waals surface area (Å²) in [6.45, 7) is 15.1. The fourth-order valence-electron chi connectivity index (χ4n) is 0.554. The van der Waals surface area contributed by atoms with Crippen LogP contribution in [0.3, 0.4) is 0 Å². The molecule has 0 rings (SSSR count). The summed E-state index contributed by atoms with van der Waals surface area (Å²) in [5.41, 5.74) is 0. The zero-order valence-corrected chi connectivity index (χ0v) is 9.12. The van der Waals surface area contributed by atoms with Gasteiger partial charge in [-0.15, -0.1) is 0 Å². The Morgan fingerprint density at radius 2 is 1.77 bits per heavy atom. The van der Waals surface area contributed by atoms with Gasteiger partial charge in [0.15, 0.2) is 0 Å². The molecule has 0 aromatic heterocycles. The molecular formula is C11H20N2. The van der Waals surface area contributed by atoms with E-state index in [0.29, 0.717) is 5.92 Å². The minimum absolute atomic E-state index is 0.323. The number of hydrogen-bond donors (Lipinski definition) is 0. The molecule has 0 saturated carbocycles. The third-order valence-electron chi connectivity index (χ3n) is 1.05. The molecule has 0 aromatic carbocycles. The van der Waals surface area contributed by atoms with Gasteiger partial charge in [-0.25, -0.2) is 9.98 Å². The van der Waals surface area contributed by atoms with Gasteiger partial charge in [0.1, 0.15) is 5.84 Å². The van der Waals surface area contributed by atoms with Gasteiger partial charge in [-0.1, -0.05) is 46.9 Å². The lowest BCUT2D eigenvalue weighted by Crippen LogP contribution is -2.03. The van der Waals surface area contributed by atoms with Crippen LogP contribution in [0.5, 0.6) is 0 Å². The minimum atomic E-state index is 0.323. The molecule has 0 radical (unpaired) electrons. The molecule has 74 valence electrons. The summed E-state index contributed by atoms with van der Waals surface area (Å²) in [6.07, 6.45) is 4.75. The quantitative estimate of drug-likeness (QED) is 0.469. The van der Waals surface area contributed by atoms with Crippen molar-refractivity contribution in [3.63, 3.8) is 0 Å². The molecule has 0 heterocycles. The second-order valence-electron chi connectivity index (χ2n) is 2.34. The van der Waals surface area contributed by atoms with E-state index in [1.807, 2.05) is 27.7 Å². The van der Waals surface area contributed by atoms with E-state index in [0.717, 1.165) is 5.84 Å². The molecule has 0 N–H and O–H groups in total. The average molecular weight is 180 g/mol. The molecule has 2 heteroatoms. The maximum atomic E-state index is 4.07. The smallest absolute Gasteiger partial charge is 0.130 e. The number of aliphatic imine (C=N–C) groups is 2. The number of hydrogen-bond acceptors (Lipinski definition) is 1. The molecule has 2 nitrogen and oxygen atoms in total. The van der Waals surface area contributed by atoms with Gasteiger partial charge < -0.3 is 0 Å². The first-order valence-corrected chi connectivity index (χ1v) is 4.56. The minimum Gasteiger partial charge on any atom is -0.242 e. The van der Waals surface area contributed by atoms with Crippen molar-refractivity contribution in [1.29, 1.82) is 0 Å². The van der Waals surface area contributed by atoms with Crippen molar-refractivity contribution < 1.29 is 0 Å². The van der Waals surface area contributed by atoms with E-state index in [2.05, 4.69) is 23.1 Å². The summed E-state index contributed by atoms with van der Waals surface area (Å²) < 4.78 is 0. The van der Waals surface area contributed by atoms with E-state index in [1.54, 1.807) is 12.3 Å². The highest BCUT2D eigenvalue weighted by atomic mass is 14.9. The molecule has 0 spiro atoms. The van der Waals surface area contributed by atoms with E-state index in [-0.39, 0.29) is 0 Å². The molecular weight excluding hydrogens is 160 g/mol. The fraction of sp³-hybridized carbons (Fsp3) is 0.455. The second kappa shape index (κ2) is 10.8. The molecule has 0 unspecified atom stereocenters. The van der Waals surface area contributed by atoms with Crippen LogP contribution in [-0.2, 0) is 0 Å². The maximum absolute atomic E-state index is 4.07. The summed E-state index contributed by atoms with van der Waals surface area (Å²) in [5, 5.41) is 0. The molecule has 13 heavy (non-hydrogen) atoms. The molecule has 0 fully saturated rings. The molecule has 0 bridgehead atoms. The van der Waals surface area contributed by atoms with E-state index >= 15 is 0 Å². The lowest BCUT2D eigenvalue weighted by Gasteiger charge is -2.00. The summed E-state index contributed by atoms with van der Waals surface area (Å²) in [7, 11) is 0. The third kappa shape index (κ3) is 8.73. The molecule has 0 aliphatic rings. The normalized spacial score (nSPS) is 11.0. The highest BCUT2D eigenvalue weighted by Crippen LogP contribution is 1.98. The van der Waals surface area contributed by atoms with Gasteiger partial charge in [-0.3, -0.25) is 0 Å². The van der Waals surface area contributed by atoms with Crippen molar-refractivity contribution in [2.75, 3.05) is 0 Å². The molecule has 0 saturated heterocycles. The van der Waals surface area contributed by atoms with E-state index in [4.69, 9.17) is 0 Å². The SMILES string of the molecule is C=CC=NC(=NC=C)C(C)C.CC. The Morgan fingerprint density at radius 1 is 1.23 bits per heavy atom. The summed E-state index contributed by atoms with van der Waals surface area (Å²) in [6, 6.07) is 0. The Kier molecular flexibility index (Phi) is 11.9. The Balaban J connectivity index is 0. The predicted octanol–water partition coefficient (Wildman–Crippen LogP) is 3.47. The highest BCUT2D eigenvalue weighted by molar-refractivity contribution is 5.93. The van der Waals surface area contributed by atoms with Gasteiger partial charge in [0.25, 0.3) is 0 Å². The summed E-state index contributed by atoms with van der Waals surface area (Å²) >= 11 is 0. The maximum Gasteiger partial charge on any atom is 0.130 e. The van der Waals surface area contributed by atoms with Gasteiger partial charge in [0.2, 0.25) is 0 Å². The van der Waals surface area contributed by atoms with E-state index < -0.39 is 0 Å². The van der Waals surface area contributed by atoms with E-state index in [1.165, 1.54) is 6.20 Å². The van der Waals surface area contributed by atoms with Crippen LogP contribution in [0.1, 0.15) is 27.7 Å². The third-order valence-corrected chi connectivity index (χ3v) is 1.05. The van der Waals surface area contributed by atoms with Crippen LogP contribution in [0.25, 0.3) is 0 Å². The molecule has 0 aliphatic carbocycles. The highest BCUT2D eigenvalue weighted by Gasteiger charge is 1.99. The van der Waals surface area contributed by atoms with Crippen LogP contribution in [0.4, 0.5) is 0 Å². The van der Waals surface area contributed by atoms with Crippen LogP contribution >= 0.6 is 0 Å². The van der Waals surface area contributed by atoms with Gasteiger partial charge >= 0.3 is 0 Å². The monoisotopic (exact) mass is 180 g/mol. The molecule has 0 atom stereocenters. The fourth-order valence-corrected chi connectivity index (χ4v) is 0.554. The van der Waals surface area contributed by atoms with Crippen molar-refractivity contribution in [1.82, 2.24) is 0 Å². The second-order valence-corrected chi connectivity index (χ2v) is 2.34. The standard InChI is InChI=1S/C9H14N2.C2H6/c1-5-7-11-9(8(3)4)10-6-2;1-2/h5-8H,1-2H2,3-4H3;1-2H3. The van der Waals surface area contributed by atoms with Gasteiger partial charge in [-0.2, -0.15) is 0 Å². The lowest BCUT2D eigenvalue weighted by atomic mass is 10.2. The average Bonchev–Trinajstić information content (AvgIpc) is 2.15. The molecule has 0 amide bonds. The first-order chi connectivity index (χ1) is 6.22. The number of rotatable bonds is 3. The number of allylic oxidation sites excluding steroid dienone is 1. The predicted molar refractivity (Wildman–Crippen MR) is 62.5 cm³/mol. The molecule has 0 aliphatic heterocycles. The Bertz CT molecular complexity index is 188. The van der Waals surface area contributed by atoms with Crippen LogP contribution in [0.2, 0.25) is 0 Å².